The summed E-state index contributed by atoms with van der Waals surface area (Å²) in [6, 6.07) is 12.4. The Morgan fingerprint density at radius 3 is 2.52 bits per heavy atom. The maximum absolute atomic E-state index is 12.0. The van der Waals surface area contributed by atoms with E-state index in [0.717, 1.165) is 34.5 Å². The molecule has 3 nitrogen and oxygen atoms in total. The number of benzene rings is 2. The first-order chi connectivity index (χ1) is 12.0. The molecule has 0 radical (unpaired) electrons. The Kier molecular flexibility index (Phi) is 6.63. The Labute approximate surface area is 151 Å². The number of anilines is 1. The molecule has 0 spiro atoms. The fourth-order valence-electron chi connectivity index (χ4n) is 2.85. The van der Waals surface area contributed by atoms with Gasteiger partial charge in [-0.1, -0.05) is 58.0 Å². The zero-order chi connectivity index (χ0) is 18.4. The Morgan fingerprint density at radius 1 is 1.16 bits per heavy atom. The first kappa shape index (κ1) is 19.0. The van der Waals surface area contributed by atoms with Crippen LogP contribution in [0.25, 0.3) is 0 Å². The lowest BCUT2D eigenvalue weighted by molar-refractivity contribution is -0.115. The molecule has 0 saturated carbocycles. The smallest absolute Gasteiger partial charge is 0.224 e. The summed E-state index contributed by atoms with van der Waals surface area (Å²) in [6.45, 7) is 10.8. The van der Waals surface area contributed by atoms with Crippen LogP contribution in [0.15, 0.2) is 36.4 Å². The zero-order valence-corrected chi connectivity index (χ0v) is 16.0. The molecule has 2 rings (SSSR count). The average Bonchev–Trinajstić information content (AvgIpc) is 2.60. The van der Waals surface area contributed by atoms with Gasteiger partial charge in [0.2, 0.25) is 5.91 Å². The van der Waals surface area contributed by atoms with Gasteiger partial charge in [-0.3, -0.25) is 4.79 Å². The van der Waals surface area contributed by atoms with Gasteiger partial charge in [0.25, 0.3) is 0 Å². The second-order valence-electron chi connectivity index (χ2n) is 6.68. The molecule has 0 atom stereocenters. The highest BCUT2D eigenvalue weighted by molar-refractivity contribution is 5.92. The number of carbonyl (C=O) groups excluding carboxylic acids is 1. The van der Waals surface area contributed by atoms with E-state index in [9.17, 15) is 4.79 Å². The average molecular weight is 339 g/mol. The fraction of sp³-hybridized carbons (Fsp3) is 0.409. The molecule has 134 valence electrons. The minimum Gasteiger partial charge on any atom is -0.489 e. The van der Waals surface area contributed by atoms with Gasteiger partial charge in [-0.15, -0.1) is 0 Å². The van der Waals surface area contributed by atoms with Crippen molar-refractivity contribution in [1.29, 1.82) is 0 Å². The zero-order valence-electron chi connectivity index (χ0n) is 16.0. The number of para-hydroxylation sites is 1. The molecule has 2 aromatic rings. The molecule has 0 bridgehead atoms. The summed E-state index contributed by atoms with van der Waals surface area (Å²) < 4.78 is 6.06. The highest BCUT2D eigenvalue weighted by Crippen LogP contribution is 2.29. The van der Waals surface area contributed by atoms with Crippen LogP contribution in [0.2, 0.25) is 0 Å². The normalized spacial score (nSPS) is 10.8. The van der Waals surface area contributed by atoms with E-state index in [1.165, 1.54) is 5.56 Å². The van der Waals surface area contributed by atoms with Gasteiger partial charge in [-0.05, 0) is 42.0 Å². The van der Waals surface area contributed by atoms with Gasteiger partial charge in [0.05, 0.1) is 5.69 Å². The predicted molar refractivity (Wildman–Crippen MR) is 104 cm³/mol. The Balaban J connectivity index is 2.26. The van der Waals surface area contributed by atoms with E-state index in [4.69, 9.17) is 4.74 Å². The maximum atomic E-state index is 12.0. The van der Waals surface area contributed by atoms with Crippen molar-refractivity contribution in [1.82, 2.24) is 0 Å². The third-order valence-electron chi connectivity index (χ3n) is 4.42. The van der Waals surface area contributed by atoms with Gasteiger partial charge >= 0.3 is 0 Å². The lowest BCUT2D eigenvalue weighted by atomic mass is 9.97. The van der Waals surface area contributed by atoms with E-state index in [1.54, 1.807) is 0 Å². The summed E-state index contributed by atoms with van der Waals surface area (Å²) in [5.74, 6) is 1.25. The summed E-state index contributed by atoms with van der Waals surface area (Å²) in [5, 5.41) is 3.06. The van der Waals surface area contributed by atoms with Crippen LogP contribution in [0, 0.1) is 6.92 Å². The van der Waals surface area contributed by atoms with Crippen molar-refractivity contribution in [3.63, 3.8) is 0 Å². The number of nitrogens with one attached hydrogen (secondary N) is 1. The van der Waals surface area contributed by atoms with Crippen LogP contribution in [-0.4, -0.2) is 5.91 Å². The standard InChI is InChI=1S/C22H29NO2/c1-6-17-11-12-20(16(5)13-17)25-14-18-9-8-10-19(15(3)4)22(18)23-21(24)7-2/h8-13,15H,6-7,14H2,1-5H3,(H,23,24). The van der Waals surface area contributed by atoms with Gasteiger partial charge in [0.1, 0.15) is 12.4 Å². The van der Waals surface area contributed by atoms with E-state index in [0.29, 0.717) is 18.9 Å². The summed E-state index contributed by atoms with van der Waals surface area (Å²) in [5.41, 5.74) is 5.49. The van der Waals surface area contributed by atoms with Crippen molar-refractivity contribution < 1.29 is 9.53 Å². The molecule has 2 aromatic carbocycles. The largest absolute Gasteiger partial charge is 0.489 e. The molecule has 0 unspecified atom stereocenters. The summed E-state index contributed by atoms with van der Waals surface area (Å²) in [6.07, 6.45) is 1.48. The molecule has 0 aliphatic rings. The quantitative estimate of drug-likeness (QED) is 0.712. The molecule has 1 amide bonds. The van der Waals surface area contributed by atoms with Crippen molar-refractivity contribution in [2.45, 2.75) is 60.0 Å². The molecule has 1 N–H and O–H groups in total. The Hall–Kier alpha value is -2.29. The number of carbonyl (C=O) groups is 1. The van der Waals surface area contributed by atoms with Crippen LogP contribution in [0.3, 0.4) is 0 Å². The van der Waals surface area contributed by atoms with Gasteiger partial charge in [0, 0.05) is 12.0 Å². The minimum absolute atomic E-state index is 0.0258. The van der Waals surface area contributed by atoms with Gasteiger partial charge < -0.3 is 10.1 Å². The molecule has 0 heterocycles. The molecule has 0 aromatic heterocycles. The number of rotatable bonds is 7. The molecule has 0 fully saturated rings. The van der Waals surface area contributed by atoms with E-state index >= 15 is 0 Å². The highest BCUT2D eigenvalue weighted by atomic mass is 16.5. The minimum atomic E-state index is 0.0258. The second-order valence-corrected chi connectivity index (χ2v) is 6.68. The van der Waals surface area contributed by atoms with Crippen molar-refractivity contribution in [2.24, 2.45) is 0 Å². The maximum Gasteiger partial charge on any atom is 0.224 e. The number of aryl methyl sites for hydroxylation is 2. The predicted octanol–water partition coefficient (Wildman–Crippen LogP) is 5.61. The number of amides is 1. The van der Waals surface area contributed by atoms with Crippen LogP contribution in [-0.2, 0) is 17.8 Å². The fourth-order valence-corrected chi connectivity index (χ4v) is 2.85. The first-order valence-corrected chi connectivity index (χ1v) is 9.10. The van der Waals surface area contributed by atoms with Gasteiger partial charge in [0.15, 0.2) is 0 Å². The van der Waals surface area contributed by atoms with Crippen molar-refractivity contribution in [3.8, 4) is 5.75 Å². The Morgan fingerprint density at radius 2 is 1.92 bits per heavy atom. The lowest BCUT2D eigenvalue weighted by Gasteiger charge is -2.19. The van der Waals surface area contributed by atoms with Crippen LogP contribution < -0.4 is 10.1 Å². The summed E-state index contributed by atoms with van der Waals surface area (Å²) in [7, 11) is 0. The molecule has 0 saturated heterocycles. The van der Waals surface area contributed by atoms with Crippen molar-refractivity contribution in [2.75, 3.05) is 5.32 Å². The second kappa shape index (κ2) is 8.70. The van der Waals surface area contributed by atoms with Gasteiger partial charge in [-0.25, -0.2) is 0 Å². The molecule has 0 aliphatic carbocycles. The molecular weight excluding hydrogens is 310 g/mol. The van der Waals surface area contributed by atoms with Gasteiger partial charge in [-0.2, -0.15) is 0 Å². The SMILES string of the molecule is CCC(=O)Nc1c(COc2ccc(CC)cc2C)cccc1C(C)C. The van der Waals surface area contributed by atoms with Crippen LogP contribution in [0.1, 0.15) is 62.3 Å². The molecule has 25 heavy (non-hydrogen) atoms. The van der Waals surface area contributed by atoms with Crippen molar-refractivity contribution >= 4 is 11.6 Å². The Bertz CT molecular complexity index is 735. The van der Waals surface area contributed by atoms with Crippen LogP contribution >= 0.6 is 0 Å². The third kappa shape index (κ3) is 4.85. The summed E-state index contributed by atoms with van der Waals surface area (Å²) >= 11 is 0. The molecule has 0 aliphatic heterocycles. The van der Waals surface area contributed by atoms with Crippen LogP contribution in [0.5, 0.6) is 5.75 Å². The highest BCUT2D eigenvalue weighted by Gasteiger charge is 2.14. The topological polar surface area (TPSA) is 38.3 Å². The van der Waals surface area contributed by atoms with E-state index in [1.807, 2.05) is 25.1 Å². The number of hydrogen-bond acceptors (Lipinski definition) is 2. The third-order valence-corrected chi connectivity index (χ3v) is 4.42. The lowest BCUT2D eigenvalue weighted by Crippen LogP contribution is -2.14. The van der Waals surface area contributed by atoms with Crippen molar-refractivity contribution in [3.05, 3.63) is 58.7 Å². The number of ether oxygens (including phenoxy) is 1. The van der Waals surface area contributed by atoms with E-state index < -0.39 is 0 Å². The monoisotopic (exact) mass is 339 g/mol. The summed E-state index contributed by atoms with van der Waals surface area (Å²) in [4.78, 5) is 12.0. The van der Waals surface area contributed by atoms with Crippen LogP contribution in [0.4, 0.5) is 5.69 Å². The van der Waals surface area contributed by atoms with E-state index in [2.05, 4.69) is 51.2 Å². The number of hydrogen-bond donors (Lipinski definition) is 1. The van der Waals surface area contributed by atoms with E-state index in [-0.39, 0.29) is 5.91 Å². The molecule has 3 heteroatoms. The first-order valence-electron chi connectivity index (χ1n) is 9.10. The molecular formula is C22H29NO2.